The first-order valence-corrected chi connectivity index (χ1v) is 12.2. The van der Waals surface area contributed by atoms with Crippen LogP contribution in [0.15, 0.2) is 10.4 Å². The van der Waals surface area contributed by atoms with Gasteiger partial charge in [0.05, 0.1) is 10.7 Å². The van der Waals surface area contributed by atoms with E-state index >= 15 is 0 Å². The summed E-state index contributed by atoms with van der Waals surface area (Å²) in [7, 11) is 0. The predicted molar refractivity (Wildman–Crippen MR) is 139 cm³/mol. The molecule has 6 nitrogen and oxygen atoms in total. The monoisotopic (exact) mass is 551 g/mol. The number of halogens is 1. The number of guanidine groups is 1. The highest BCUT2D eigenvalue weighted by atomic mass is 127. The zero-order valence-corrected chi connectivity index (χ0v) is 22.4. The van der Waals surface area contributed by atoms with Gasteiger partial charge in [0.25, 0.3) is 0 Å². The molecule has 1 aliphatic rings. The van der Waals surface area contributed by atoms with Crippen LogP contribution in [0.3, 0.4) is 0 Å². The van der Waals surface area contributed by atoms with Crippen molar-refractivity contribution in [2.45, 2.75) is 59.9 Å². The molecule has 0 saturated carbocycles. The van der Waals surface area contributed by atoms with Gasteiger partial charge in [0.1, 0.15) is 0 Å². The molecule has 0 unspecified atom stereocenters. The Morgan fingerprint density at radius 2 is 2.07 bits per heavy atom. The first kappa shape index (κ1) is 27.6. The molecule has 0 aromatic carbocycles. The smallest absolute Gasteiger partial charge is 0.191 e. The molecule has 1 saturated heterocycles. The van der Waals surface area contributed by atoms with E-state index < -0.39 is 0 Å². The number of likely N-dealkylation sites (tertiary alicyclic amines) is 1. The minimum absolute atomic E-state index is 0. The number of ether oxygens (including phenoxy) is 1. The quantitative estimate of drug-likeness (QED) is 0.177. The summed E-state index contributed by atoms with van der Waals surface area (Å²) in [4.78, 5) is 12.1. The highest BCUT2D eigenvalue weighted by molar-refractivity contribution is 14.0. The summed E-state index contributed by atoms with van der Waals surface area (Å²) in [5.74, 6) is 2.22. The highest BCUT2D eigenvalue weighted by Crippen LogP contribution is 2.20. The Morgan fingerprint density at radius 3 is 2.70 bits per heavy atom. The van der Waals surface area contributed by atoms with Crippen molar-refractivity contribution in [3.05, 3.63) is 16.1 Å². The molecule has 2 rings (SSSR count). The Bertz CT molecular complexity index is 588. The lowest BCUT2D eigenvalue weighted by Gasteiger charge is -2.30. The van der Waals surface area contributed by atoms with Crippen LogP contribution in [0.25, 0.3) is 0 Å². The average molecular weight is 552 g/mol. The Morgan fingerprint density at radius 1 is 1.30 bits per heavy atom. The van der Waals surface area contributed by atoms with Crippen molar-refractivity contribution < 1.29 is 4.74 Å². The molecule has 1 aromatic rings. The van der Waals surface area contributed by atoms with Gasteiger partial charge in [-0.1, -0.05) is 20.8 Å². The van der Waals surface area contributed by atoms with Crippen LogP contribution in [0.1, 0.15) is 57.7 Å². The Kier molecular flexibility index (Phi) is 14.9. The summed E-state index contributed by atoms with van der Waals surface area (Å²) in [5.41, 5.74) is 1.24. The van der Waals surface area contributed by atoms with Crippen molar-refractivity contribution in [3.63, 3.8) is 0 Å². The van der Waals surface area contributed by atoms with Gasteiger partial charge in [-0.3, -0.25) is 9.89 Å². The molecule has 0 bridgehead atoms. The van der Waals surface area contributed by atoms with Crippen molar-refractivity contribution in [2.24, 2.45) is 16.8 Å². The maximum absolute atomic E-state index is 5.64. The van der Waals surface area contributed by atoms with E-state index in [1.807, 2.05) is 0 Å². The second kappa shape index (κ2) is 16.2. The molecule has 2 N–H and O–H groups in total. The lowest BCUT2D eigenvalue weighted by Crippen LogP contribution is -2.39. The summed E-state index contributed by atoms with van der Waals surface area (Å²) in [5, 5.41) is 10.3. The fraction of sp³-hybridized carbons (Fsp3) is 0.818. The number of aromatic nitrogens is 1. The lowest BCUT2D eigenvalue weighted by atomic mass is 9.97. The molecular formula is C22H42IN5OS. The fourth-order valence-electron chi connectivity index (χ4n) is 3.40. The number of aliphatic imine (C=N–C) groups is 1. The number of piperidine rings is 1. The summed E-state index contributed by atoms with van der Waals surface area (Å²) in [6.07, 6.45) is 4.48. The van der Waals surface area contributed by atoms with E-state index in [-0.39, 0.29) is 24.0 Å². The third-order valence-electron chi connectivity index (χ3n) is 5.06. The first-order valence-electron chi connectivity index (χ1n) is 11.4. The number of thiazole rings is 1. The standard InChI is InChI=1S/C22H41N5OS.HI/c1-5-21-26-20(17-29-21)15-27-11-8-19(9-12-27)14-25-22(23-6-2)24-10-7-13-28-16-18(3)4;/h17-19H,5-16H2,1-4H3,(H2,23,24,25);1H. The molecule has 2 heterocycles. The molecular weight excluding hydrogens is 509 g/mol. The van der Waals surface area contributed by atoms with Gasteiger partial charge in [0, 0.05) is 44.8 Å². The molecule has 30 heavy (non-hydrogen) atoms. The van der Waals surface area contributed by atoms with Crippen LogP contribution in [-0.4, -0.2) is 61.8 Å². The van der Waals surface area contributed by atoms with Crippen LogP contribution < -0.4 is 10.6 Å². The van der Waals surface area contributed by atoms with E-state index in [1.54, 1.807) is 11.3 Å². The van der Waals surface area contributed by atoms with Crippen LogP contribution in [0.2, 0.25) is 0 Å². The second-order valence-corrected chi connectivity index (χ2v) is 9.22. The Balaban J connectivity index is 0.00000450. The SMILES string of the molecule is CCNC(=NCC1CCN(Cc2csc(CC)n2)CC1)NCCCOCC(C)C.I. The van der Waals surface area contributed by atoms with Gasteiger partial charge < -0.3 is 15.4 Å². The van der Waals surface area contributed by atoms with Crippen molar-refractivity contribution in [2.75, 3.05) is 45.9 Å². The van der Waals surface area contributed by atoms with Crippen molar-refractivity contribution in [1.29, 1.82) is 0 Å². The topological polar surface area (TPSA) is 61.8 Å². The number of hydrogen-bond donors (Lipinski definition) is 2. The molecule has 1 aromatic heterocycles. The number of hydrogen-bond acceptors (Lipinski definition) is 5. The van der Waals surface area contributed by atoms with Crippen LogP contribution in [0.5, 0.6) is 0 Å². The number of aryl methyl sites for hydroxylation is 1. The predicted octanol–water partition coefficient (Wildman–Crippen LogP) is 4.15. The zero-order valence-electron chi connectivity index (χ0n) is 19.3. The third kappa shape index (κ3) is 11.2. The molecule has 174 valence electrons. The number of rotatable bonds is 12. The molecule has 0 spiro atoms. The van der Waals surface area contributed by atoms with E-state index in [0.717, 1.165) is 71.3 Å². The van der Waals surface area contributed by atoms with Crippen LogP contribution in [-0.2, 0) is 17.7 Å². The minimum Gasteiger partial charge on any atom is -0.381 e. The number of nitrogens with one attached hydrogen (secondary N) is 2. The minimum atomic E-state index is 0. The largest absolute Gasteiger partial charge is 0.381 e. The summed E-state index contributed by atoms with van der Waals surface area (Å²) in [6.45, 7) is 16.3. The van der Waals surface area contributed by atoms with Crippen LogP contribution in [0, 0.1) is 11.8 Å². The van der Waals surface area contributed by atoms with E-state index in [9.17, 15) is 0 Å². The lowest BCUT2D eigenvalue weighted by molar-refractivity contribution is 0.108. The van der Waals surface area contributed by atoms with Crippen LogP contribution >= 0.6 is 35.3 Å². The second-order valence-electron chi connectivity index (χ2n) is 8.27. The summed E-state index contributed by atoms with van der Waals surface area (Å²) in [6, 6.07) is 0. The maximum Gasteiger partial charge on any atom is 0.191 e. The normalized spacial score (nSPS) is 16.0. The van der Waals surface area contributed by atoms with E-state index in [1.165, 1.54) is 23.5 Å². The van der Waals surface area contributed by atoms with Crippen molar-refractivity contribution in [3.8, 4) is 0 Å². The van der Waals surface area contributed by atoms with Crippen molar-refractivity contribution in [1.82, 2.24) is 20.5 Å². The molecule has 0 radical (unpaired) electrons. The van der Waals surface area contributed by atoms with E-state index in [0.29, 0.717) is 11.8 Å². The number of nitrogens with zero attached hydrogens (tertiary/aromatic N) is 3. The van der Waals surface area contributed by atoms with E-state index in [4.69, 9.17) is 14.7 Å². The zero-order chi connectivity index (χ0) is 20.9. The van der Waals surface area contributed by atoms with Crippen molar-refractivity contribution >= 4 is 41.3 Å². The Hall–Kier alpha value is -0.450. The molecule has 8 heteroatoms. The highest BCUT2D eigenvalue weighted by Gasteiger charge is 2.19. The summed E-state index contributed by atoms with van der Waals surface area (Å²) >= 11 is 1.79. The van der Waals surface area contributed by atoms with Gasteiger partial charge in [-0.2, -0.15) is 0 Å². The first-order chi connectivity index (χ1) is 14.1. The van der Waals surface area contributed by atoms with Gasteiger partial charge in [0.15, 0.2) is 5.96 Å². The van der Waals surface area contributed by atoms with Gasteiger partial charge in [-0.15, -0.1) is 35.3 Å². The third-order valence-corrected chi connectivity index (χ3v) is 6.10. The molecule has 1 fully saturated rings. The van der Waals surface area contributed by atoms with Gasteiger partial charge in [0.2, 0.25) is 0 Å². The van der Waals surface area contributed by atoms with E-state index in [2.05, 4.69) is 48.6 Å². The average Bonchev–Trinajstić information content (AvgIpc) is 3.17. The summed E-state index contributed by atoms with van der Waals surface area (Å²) < 4.78 is 5.64. The van der Waals surface area contributed by atoms with Gasteiger partial charge in [-0.05, 0) is 57.5 Å². The maximum atomic E-state index is 5.64. The molecule has 1 aliphatic heterocycles. The Labute approximate surface area is 204 Å². The molecule has 0 atom stereocenters. The fourth-order valence-corrected chi connectivity index (χ4v) is 4.14. The van der Waals surface area contributed by atoms with Gasteiger partial charge >= 0.3 is 0 Å². The molecule has 0 amide bonds. The van der Waals surface area contributed by atoms with Gasteiger partial charge in [-0.25, -0.2) is 4.98 Å². The molecule has 0 aliphatic carbocycles. The van der Waals surface area contributed by atoms with Crippen LogP contribution in [0.4, 0.5) is 0 Å².